The Hall–Kier alpha value is -2.42. The zero-order valence-electron chi connectivity index (χ0n) is 14.2. The Labute approximate surface area is 178 Å². The summed E-state index contributed by atoms with van der Waals surface area (Å²) in [6.07, 6.45) is 1.51. The van der Waals surface area contributed by atoms with Gasteiger partial charge in [-0.3, -0.25) is 4.79 Å². The number of carboxylic acid groups (broad SMARTS) is 1. The SMILES string of the molecule is O=C(O)c1cccc(NC(=O)c2nc(SCc3ccc(Cl)cc3)ncc2Br)c1. The van der Waals surface area contributed by atoms with Crippen molar-refractivity contribution in [3.05, 3.63) is 81.0 Å². The molecule has 2 N–H and O–H groups in total. The van der Waals surface area contributed by atoms with Crippen molar-refractivity contribution in [1.82, 2.24) is 9.97 Å². The van der Waals surface area contributed by atoms with E-state index in [0.717, 1.165) is 5.56 Å². The van der Waals surface area contributed by atoms with Crippen LogP contribution in [0.2, 0.25) is 5.02 Å². The summed E-state index contributed by atoms with van der Waals surface area (Å²) >= 11 is 10.6. The molecule has 6 nitrogen and oxygen atoms in total. The number of carboxylic acids is 1. The van der Waals surface area contributed by atoms with E-state index >= 15 is 0 Å². The van der Waals surface area contributed by atoms with Gasteiger partial charge < -0.3 is 10.4 Å². The predicted molar refractivity (Wildman–Crippen MR) is 112 cm³/mol. The molecular formula is C19H13BrClN3O3S. The lowest BCUT2D eigenvalue weighted by Gasteiger charge is -2.08. The highest BCUT2D eigenvalue weighted by Crippen LogP contribution is 2.24. The molecule has 0 unspecified atom stereocenters. The van der Waals surface area contributed by atoms with Gasteiger partial charge in [-0.2, -0.15) is 0 Å². The van der Waals surface area contributed by atoms with E-state index in [1.54, 1.807) is 12.1 Å². The topological polar surface area (TPSA) is 92.2 Å². The quantitative estimate of drug-likeness (QED) is 0.377. The number of anilines is 1. The van der Waals surface area contributed by atoms with Gasteiger partial charge in [0.2, 0.25) is 0 Å². The van der Waals surface area contributed by atoms with Gasteiger partial charge in [0.15, 0.2) is 5.16 Å². The maximum atomic E-state index is 12.6. The van der Waals surface area contributed by atoms with Crippen molar-refractivity contribution in [2.45, 2.75) is 10.9 Å². The number of amides is 1. The van der Waals surface area contributed by atoms with Crippen molar-refractivity contribution in [2.75, 3.05) is 5.32 Å². The molecule has 142 valence electrons. The summed E-state index contributed by atoms with van der Waals surface area (Å²) in [6, 6.07) is 13.4. The lowest BCUT2D eigenvalue weighted by molar-refractivity contribution is 0.0696. The number of aromatic carboxylic acids is 1. The first-order valence-electron chi connectivity index (χ1n) is 7.97. The van der Waals surface area contributed by atoms with Gasteiger partial charge in [0.1, 0.15) is 5.69 Å². The fourth-order valence-electron chi connectivity index (χ4n) is 2.23. The van der Waals surface area contributed by atoms with Crippen LogP contribution in [0, 0.1) is 0 Å². The third-order valence-electron chi connectivity index (χ3n) is 3.59. The van der Waals surface area contributed by atoms with E-state index in [-0.39, 0.29) is 11.3 Å². The number of nitrogens with zero attached hydrogens (tertiary/aromatic N) is 2. The van der Waals surface area contributed by atoms with Crippen molar-refractivity contribution in [1.29, 1.82) is 0 Å². The average molecular weight is 479 g/mol. The molecular weight excluding hydrogens is 466 g/mol. The Balaban J connectivity index is 1.73. The normalized spacial score (nSPS) is 10.5. The third-order valence-corrected chi connectivity index (χ3v) is 5.35. The zero-order chi connectivity index (χ0) is 20.1. The minimum atomic E-state index is -1.07. The smallest absolute Gasteiger partial charge is 0.335 e. The van der Waals surface area contributed by atoms with Crippen molar-refractivity contribution in [3.63, 3.8) is 0 Å². The summed E-state index contributed by atoms with van der Waals surface area (Å²) < 4.78 is 0.440. The van der Waals surface area contributed by atoms with Crippen LogP contribution in [-0.2, 0) is 5.75 Å². The van der Waals surface area contributed by atoms with E-state index in [9.17, 15) is 9.59 Å². The van der Waals surface area contributed by atoms with E-state index < -0.39 is 11.9 Å². The maximum absolute atomic E-state index is 12.6. The summed E-state index contributed by atoms with van der Waals surface area (Å²) in [7, 11) is 0. The van der Waals surface area contributed by atoms with Crippen LogP contribution in [0.5, 0.6) is 0 Å². The first kappa shape index (κ1) is 20.3. The molecule has 0 spiro atoms. The summed E-state index contributed by atoms with van der Waals surface area (Å²) in [5, 5.41) is 12.8. The van der Waals surface area contributed by atoms with Gasteiger partial charge in [0, 0.05) is 22.7 Å². The van der Waals surface area contributed by atoms with Crippen LogP contribution in [0.25, 0.3) is 0 Å². The molecule has 0 aliphatic heterocycles. The number of hydrogen-bond donors (Lipinski definition) is 2. The highest BCUT2D eigenvalue weighted by atomic mass is 79.9. The summed E-state index contributed by atoms with van der Waals surface area (Å²) in [6.45, 7) is 0. The number of carbonyl (C=O) groups excluding carboxylic acids is 1. The molecule has 0 saturated carbocycles. The van der Waals surface area contributed by atoms with E-state index in [1.165, 1.54) is 30.1 Å². The number of hydrogen-bond acceptors (Lipinski definition) is 5. The van der Waals surface area contributed by atoms with Crippen molar-refractivity contribution >= 4 is 56.9 Å². The van der Waals surface area contributed by atoms with Gasteiger partial charge in [-0.1, -0.05) is 41.6 Å². The van der Waals surface area contributed by atoms with Gasteiger partial charge in [-0.15, -0.1) is 0 Å². The molecule has 0 atom stereocenters. The molecule has 1 aromatic heterocycles. The van der Waals surface area contributed by atoms with Crippen LogP contribution < -0.4 is 5.32 Å². The van der Waals surface area contributed by atoms with Crippen molar-refractivity contribution in [2.24, 2.45) is 0 Å². The van der Waals surface area contributed by atoms with E-state index in [2.05, 4.69) is 31.2 Å². The van der Waals surface area contributed by atoms with E-state index in [1.807, 2.05) is 24.3 Å². The van der Waals surface area contributed by atoms with Crippen LogP contribution in [-0.4, -0.2) is 27.0 Å². The Bertz CT molecular complexity index is 1030. The molecule has 0 bridgehead atoms. The standard InChI is InChI=1S/C19H13BrClN3O3S/c20-15-9-22-19(28-10-11-4-6-13(21)7-5-11)24-16(15)17(25)23-14-3-1-2-12(8-14)18(26)27/h1-9H,10H2,(H,23,25)(H,26,27). The van der Waals surface area contributed by atoms with Gasteiger partial charge in [0.05, 0.1) is 10.0 Å². The first-order valence-corrected chi connectivity index (χ1v) is 10.1. The highest BCUT2D eigenvalue weighted by Gasteiger charge is 2.15. The van der Waals surface area contributed by atoms with Gasteiger partial charge in [0.25, 0.3) is 5.91 Å². The molecule has 3 aromatic rings. The number of aromatic nitrogens is 2. The van der Waals surface area contributed by atoms with Gasteiger partial charge in [-0.05, 0) is 51.8 Å². The zero-order valence-corrected chi connectivity index (χ0v) is 17.4. The number of carbonyl (C=O) groups is 2. The minimum Gasteiger partial charge on any atom is -0.478 e. The highest BCUT2D eigenvalue weighted by molar-refractivity contribution is 9.10. The summed E-state index contributed by atoms with van der Waals surface area (Å²) in [5.74, 6) is -0.911. The molecule has 9 heteroatoms. The number of halogens is 2. The molecule has 0 aliphatic rings. The number of rotatable bonds is 6. The second-order valence-corrected chi connectivity index (χ2v) is 7.84. The predicted octanol–water partition coefficient (Wildman–Crippen LogP) is 5.14. The Morgan fingerprint density at radius 3 is 2.64 bits per heavy atom. The van der Waals surface area contributed by atoms with Crippen LogP contribution in [0.1, 0.15) is 26.4 Å². The van der Waals surface area contributed by atoms with Gasteiger partial charge >= 0.3 is 5.97 Å². The van der Waals surface area contributed by atoms with Crippen molar-refractivity contribution in [3.8, 4) is 0 Å². The van der Waals surface area contributed by atoms with E-state index in [4.69, 9.17) is 16.7 Å². The fraction of sp³-hybridized carbons (Fsp3) is 0.0526. The molecule has 1 amide bonds. The van der Waals surface area contributed by atoms with E-state index in [0.29, 0.717) is 26.1 Å². The van der Waals surface area contributed by atoms with Crippen LogP contribution >= 0.6 is 39.3 Å². The average Bonchev–Trinajstić information content (AvgIpc) is 2.68. The first-order chi connectivity index (χ1) is 13.4. The number of thioether (sulfide) groups is 1. The van der Waals surface area contributed by atoms with Crippen LogP contribution in [0.15, 0.2) is 64.4 Å². The van der Waals surface area contributed by atoms with Gasteiger partial charge in [-0.25, -0.2) is 14.8 Å². The van der Waals surface area contributed by atoms with Crippen LogP contribution in [0.4, 0.5) is 5.69 Å². The Morgan fingerprint density at radius 2 is 1.93 bits per heavy atom. The number of benzene rings is 2. The van der Waals surface area contributed by atoms with Crippen molar-refractivity contribution < 1.29 is 14.7 Å². The second kappa shape index (κ2) is 9.18. The molecule has 2 aromatic carbocycles. The molecule has 0 radical (unpaired) electrons. The molecule has 0 aliphatic carbocycles. The molecule has 1 heterocycles. The Kier molecular flexibility index (Phi) is 6.66. The largest absolute Gasteiger partial charge is 0.478 e. The summed E-state index contributed by atoms with van der Waals surface area (Å²) in [5.41, 5.74) is 1.66. The lowest BCUT2D eigenvalue weighted by Crippen LogP contribution is -2.15. The molecule has 0 fully saturated rings. The number of nitrogens with one attached hydrogen (secondary N) is 1. The second-order valence-electron chi connectivity index (χ2n) is 5.60. The third kappa shape index (κ3) is 5.31. The molecule has 3 rings (SSSR count). The Morgan fingerprint density at radius 1 is 1.18 bits per heavy atom. The maximum Gasteiger partial charge on any atom is 0.335 e. The summed E-state index contributed by atoms with van der Waals surface area (Å²) in [4.78, 5) is 32.2. The monoisotopic (exact) mass is 477 g/mol. The fourth-order valence-corrected chi connectivity index (χ4v) is 3.50. The lowest BCUT2D eigenvalue weighted by atomic mass is 10.2. The molecule has 0 saturated heterocycles. The minimum absolute atomic E-state index is 0.0822. The molecule has 28 heavy (non-hydrogen) atoms. The van der Waals surface area contributed by atoms with Crippen LogP contribution in [0.3, 0.4) is 0 Å².